The third-order valence-electron chi connectivity index (χ3n) is 8.20. The van der Waals surface area contributed by atoms with Crippen LogP contribution in [0.1, 0.15) is 45.1 Å². The molecule has 1 aliphatic carbocycles. The van der Waals surface area contributed by atoms with Crippen molar-refractivity contribution in [3.8, 4) is 17.3 Å². The van der Waals surface area contributed by atoms with Crippen molar-refractivity contribution in [3.63, 3.8) is 0 Å². The van der Waals surface area contributed by atoms with Crippen LogP contribution in [0.4, 0.5) is 5.82 Å². The van der Waals surface area contributed by atoms with Gasteiger partial charge in [-0.25, -0.2) is 9.97 Å². The Labute approximate surface area is 238 Å². The number of aromatic nitrogens is 5. The first kappa shape index (κ1) is 28.7. The van der Waals surface area contributed by atoms with Crippen molar-refractivity contribution >= 4 is 24.9 Å². The van der Waals surface area contributed by atoms with E-state index < -0.39 is 8.07 Å². The topological polar surface area (TPSA) is 106 Å². The highest BCUT2D eigenvalue weighted by Crippen LogP contribution is 2.40. The summed E-state index contributed by atoms with van der Waals surface area (Å²) < 4.78 is 16.3. The number of rotatable bonds is 12. The van der Waals surface area contributed by atoms with Gasteiger partial charge in [-0.2, -0.15) is 10.4 Å². The first-order valence-electron chi connectivity index (χ1n) is 14.8. The summed E-state index contributed by atoms with van der Waals surface area (Å²) in [6.07, 6.45) is 10.8. The van der Waals surface area contributed by atoms with Gasteiger partial charge in [0.15, 0.2) is 5.82 Å². The van der Waals surface area contributed by atoms with E-state index in [2.05, 4.69) is 64.7 Å². The van der Waals surface area contributed by atoms with Gasteiger partial charge in [0.1, 0.15) is 24.9 Å². The molecule has 3 aromatic heterocycles. The van der Waals surface area contributed by atoms with Crippen molar-refractivity contribution in [1.29, 1.82) is 5.26 Å². The Kier molecular flexibility index (Phi) is 9.20. The van der Waals surface area contributed by atoms with Gasteiger partial charge in [-0.15, -0.1) is 0 Å². The molecule has 11 heteroatoms. The summed E-state index contributed by atoms with van der Waals surface area (Å²) in [7, 11) is -1.15. The molecule has 5 rings (SSSR count). The molecule has 2 unspecified atom stereocenters. The number of nitrogens with one attached hydrogen (secondary N) is 1. The summed E-state index contributed by atoms with van der Waals surface area (Å²) in [4.78, 5) is 11.7. The van der Waals surface area contributed by atoms with E-state index in [1.54, 1.807) is 6.33 Å². The van der Waals surface area contributed by atoms with Crippen LogP contribution in [0, 0.1) is 17.2 Å². The highest BCUT2D eigenvalue weighted by Gasteiger charge is 2.32. The van der Waals surface area contributed by atoms with Crippen molar-refractivity contribution < 1.29 is 9.47 Å². The van der Waals surface area contributed by atoms with Crippen LogP contribution in [0.3, 0.4) is 0 Å². The number of hydrogen-bond acceptors (Lipinski definition) is 8. The molecule has 4 heterocycles. The van der Waals surface area contributed by atoms with E-state index in [0.29, 0.717) is 25.7 Å². The van der Waals surface area contributed by atoms with Gasteiger partial charge in [-0.3, -0.25) is 4.68 Å². The van der Waals surface area contributed by atoms with Gasteiger partial charge in [0.2, 0.25) is 0 Å². The third kappa shape index (κ3) is 6.41. The minimum Gasteiger partial charge on any atom is -0.361 e. The molecule has 1 saturated heterocycles. The van der Waals surface area contributed by atoms with Gasteiger partial charge >= 0.3 is 0 Å². The molecule has 0 spiro atoms. The molecule has 40 heavy (non-hydrogen) atoms. The normalized spacial score (nSPS) is 19.2. The summed E-state index contributed by atoms with van der Waals surface area (Å²) in [5.41, 5.74) is 2.64. The van der Waals surface area contributed by atoms with Gasteiger partial charge in [0.25, 0.3) is 0 Å². The monoisotopic (exact) mass is 564 g/mol. The van der Waals surface area contributed by atoms with Crippen LogP contribution < -0.4 is 10.2 Å². The summed E-state index contributed by atoms with van der Waals surface area (Å²) in [5.74, 6) is 1.30. The minimum atomic E-state index is -1.15. The summed E-state index contributed by atoms with van der Waals surface area (Å²) in [5, 5.41) is 19.3. The highest BCUT2D eigenvalue weighted by atomic mass is 28.3. The van der Waals surface area contributed by atoms with Crippen LogP contribution in [0.5, 0.6) is 0 Å². The molecule has 2 fully saturated rings. The van der Waals surface area contributed by atoms with Crippen molar-refractivity contribution in [2.45, 2.75) is 83.7 Å². The van der Waals surface area contributed by atoms with Crippen LogP contribution in [0.15, 0.2) is 24.8 Å². The number of hydrogen-bond donors (Lipinski definition) is 1. The Hall–Kier alpha value is -2.78. The molecule has 2 atom stereocenters. The average Bonchev–Trinajstić information content (AvgIpc) is 3.71. The molecule has 0 amide bonds. The summed E-state index contributed by atoms with van der Waals surface area (Å²) in [6, 6.07) is 5.69. The Morgan fingerprint density at radius 1 is 1.27 bits per heavy atom. The van der Waals surface area contributed by atoms with Crippen molar-refractivity contribution in [2.75, 3.05) is 37.7 Å². The molecule has 3 aromatic rings. The van der Waals surface area contributed by atoms with Gasteiger partial charge in [-0.1, -0.05) is 32.5 Å². The number of likely N-dealkylation sites (N-methyl/N-ethyl adjacent to an activating group) is 1. The first-order valence-corrected chi connectivity index (χ1v) is 18.5. The second-order valence-corrected chi connectivity index (χ2v) is 17.9. The van der Waals surface area contributed by atoms with Gasteiger partial charge in [0.05, 0.1) is 36.4 Å². The Morgan fingerprint density at radius 2 is 2.10 bits per heavy atom. The number of morpholine rings is 1. The third-order valence-corrected chi connectivity index (χ3v) is 9.91. The standard InChI is InChI=1S/C29H44N8O2Si/c1-5-36(26-18-31-13-15-39-26)29-24(19-37(34-29)25(10-12-30)22-8-6-7-9-22)27-23-11-14-35(28(23)33-20-32-27)21-38-16-17-40(2,3)4/h11,14,19-20,22,25-26,31H,5-10,13,15-18,21H2,1-4H3. The van der Waals surface area contributed by atoms with Crippen LogP contribution in [-0.2, 0) is 16.2 Å². The molecule has 1 saturated carbocycles. The SMILES string of the molecule is CCN(c1nn(C(CC#N)C2CCCC2)cc1-c1ncnc2c1ccn2COCC[Si](C)(C)C)C1CNCCO1. The Morgan fingerprint density at radius 3 is 2.80 bits per heavy atom. The van der Waals surface area contributed by atoms with E-state index in [1.807, 2.05) is 10.9 Å². The summed E-state index contributed by atoms with van der Waals surface area (Å²) >= 11 is 0. The molecule has 0 radical (unpaired) electrons. The zero-order valence-electron chi connectivity index (χ0n) is 24.5. The van der Waals surface area contributed by atoms with Crippen molar-refractivity contribution in [2.24, 2.45) is 5.92 Å². The van der Waals surface area contributed by atoms with E-state index in [0.717, 1.165) is 73.2 Å². The smallest absolute Gasteiger partial charge is 0.162 e. The van der Waals surface area contributed by atoms with E-state index >= 15 is 0 Å². The summed E-state index contributed by atoms with van der Waals surface area (Å²) in [6.45, 7) is 13.4. The fourth-order valence-corrected chi connectivity index (χ4v) is 6.71. The van der Waals surface area contributed by atoms with E-state index in [1.165, 1.54) is 12.8 Å². The Bertz CT molecular complexity index is 1300. The lowest BCUT2D eigenvalue weighted by molar-refractivity contribution is 0.0267. The molecule has 2 aliphatic rings. The van der Waals surface area contributed by atoms with Gasteiger partial charge < -0.3 is 24.3 Å². The predicted octanol–water partition coefficient (Wildman–Crippen LogP) is 5.02. The number of anilines is 1. The molecule has 0 bridgehead atoms. The molecule has 0 aromatic carbocycles. The quantitative estimate of drug-likeness (QED) is 0.241. The molecular formula is C29H44N8O2Si. The molecular weight excluding hydrogens is 520 g/mol. The number of fused-ring (bicyclic) bond motifs is 1. The number of nitriles is 1. The Balaban J connectivity index is 1.53. The second-order valence-electron chi connectivity index (χ2n) is 12.2. The van der Waals surface area contributed by atoms with Gasteiger partial charge in [0, 0.05) is 52.1 Å². The van der Waals surface area contributed by atoms with Crippen LogP contribution in [0.2, 0.25) is 25.7 Å². The maximum atomic E-state index is 9.73. The highest BCUT2D eigenvalue weighted by molar-refractivity contribution is 6.76. The second kappa shape index (κ2) is 12.8. The van der Waals surface area contributed by atoms with Crippen LogP contribution >= 0.6 is 0 Å². The zero-order valence-corrected chi connectivity index (χ0v) is 25.5. The first-order chi connectivity index (χ1) is 19.4. The number of nitrogens with zero attached hydrogens (tertiary/aromatic N) is 7. The van der Waals surface area contributed by atoms with Crippen molar-refractivity contribution in [3.05, 3.63) is 24.8 Å². The predicted molar refractivity (Wildman–Crippen MR) is 160 cm³/mol. The van der Waals surface area contributed by atoms with Crippen molar-refractivity contribution in [1.82, 2.24) is 29.6 Å². The van der Waals surface area contributed by atoms with E-state index in [4.69, 9.17) is 19.6 Å². The van der Waals surface area contributed by atoms with Gasteiger partial charge in [-0.05, 0) is 37.8 Å². The molecule has 10 nitrogen and oxygen atoms in total. The minimum absolute atomic E-state index is 0.0470. The maximum Gasteiger partial charge on any atom is 0.162 e. The lowest BCUT2D eigenvalue weighted by atomic mass is 9.96. The molecule has 1 aliphatic heterocycles. The fourth-order valence-electron chi connectivity index (χ4n) is 5.95. The lowest BCUT2D eigenvalue weighted by Crippen LogP contribution is -2.49. The van der Waals surface area contributed by atoms with E-state index in [9.17, 15) is 5.26 Å². The average molecular weight is 565 g/mol. The number of ether oxygens (including phenoxy) is 2. The van der Waals surface area contributed by atoms with Crippen LogP contribution in [-0.4, -0.2) is 71.5 Å². The zero-order chi connectivity index (χ0) is 28.1. The fraction of sp³-hybridized carbons (Fsp3) is 0.655. The maximum absolute atomic E-state index is 9.73. The lowest BCUT2D eigenvalue weighted by Gasteiger charge is -2.34. The van der Waals surface area contributed by atoms with Crippen LogP contribution in [0.25, 0.3) is 22.3 Å². The van der Waals surface area contributed by atoms with E-state index in [-0.39, 0.29) is 12.3 Å². The molecule has 216 valence electrons. The molecule has 1 N–H and O–H groups in total. The largest absolute Gasteiger partial charge is 0.361 e.